The summed E-state index contributed by atoms with van der Waals surface area (Å²) in [6.07, 6.45) is 18.9. The van der Waals surface area contributed by atoms with Crippen LogP contribution in [0.15, 0.2) is 46.6 Å². The number of amides is 1. The van der Waals surface area contributed by atoms with E-state index in [-0.39, 0.29) is 108 Å². The first-order chi connectivity index (χ1) is 33.5. The van der Waals surface area contributed by atoms with Gasteiger partial charge in [-0.25, -0.2) is 0 Å². The van der Waals surface area contributed by atoms with E-state index < -0.39 is 38.5 Å². The number of hydrogen-bond acceptors (Lipinski definition) is 8. The molecule has 0 aromatic heterocycles. The minimum absolute atomic E-state index is 0.00880. The van der Waals surface area contributed by atoms with Gasteiger partial charge in [-0.3, -0.25) is 28.8 Å². The summed E-state index contributed by atoms with van der Waals surface area (Å²) < 4.78 is 0. The third-order valence-electron chi connectivity index (χ3n) is 24.8. The minimum Gasteiger partial charge on any atom is -0.481 e. The lowest BCUT2D eigenvalue weighted by Crippen LogP contribution is -2.66. The monoisotopic (exact) mass is 996 g/mol. The standard InChI is InChI=1S/C32H44N2O3.C31H41NO4/c1-27(2)11-13-32(26(37)34-8)14-12-31(7)24(20(32)17-27)21(35)15-23-29(5)16-19(18-33)25(36)28(3,4)22(29)9-10-30(23,31)6;1-26(2)10-12-31(25(35)36)13-11-30(7)23(19(31)16-26)20(33)14-22-28(5)15-18(17-32)24(34)27(3,4)21(28)8-9-29(22,30)6/h15-16,20,22,24H,9-14,17H2,1-8H3,(H,34,37);14-15,19,21,23H,8-13,16H2,1-7H3,(H,35,36)/t20-,22?,24-,29-,30+,31+,32-;19-,21?,23-,28-,29+,30+,31-/m00/s1. The Labute approximate surface area is 436 Å². The molecule has 0 aliphatic heterocycles. The number of carbonyl (C=O) groups is 6. The van der Waals surface area contributed by atoms with Crippen LogP contribution in [0.3, 0.4) is 0 Å². The summed E-state index contributed by atoms with van der Waals surface area (Å²) in [6, 6.07) is 4.33. The van der Waals surface area contributed by atoms with Gasteiger partial charge < -0.3 is 10.4 Å². The van der Waals surface area contributed by atoms with Crippen molar-refractivity contribution in [3.8, 4) is 12.1 Å². The molecule has 1 amide bonds. The number of carboxylic acids is 1. The quantitative estimate of drug-likeness (QED) is 0.272. The Kier molecular flexibility index (Phi) is 11.7. The summed E-state index contributed by atoms with van der Waals surface area (Å²) in [4.78, 5) is 81.2. The molecule has 2 N–H and O–H groups in total. The predicted octanol–water partition coefficient (Wildman–Crippen LogP) is 12.2. The highest BCUT2D eigenvalue weighted by Crippen LogP contribution is 2.77. The number of allylic oxidation sites excluding steroid dienone is 8. The molecule has 6 fully saturated rings. The van der Waals surface area contributed by atoms with Gasteiger partial charge in [0.1, 0.15) is 12.1 Å². The van der Waals surface area contributed by atoms with Crippen molar-refractivity contribution >= 4 is 35.0 Å². The number of carboxylic acid groups (broad SMARTS) is 1. The second kappa shape index (κ2) is 16.0. The van der Waals surface area contributed by atoms with Gasteiger partial charge >= 0.3 is 5.97 Å². The van der Waals surface area contributed by atoms with E-state index in [9.17, 15) is 44.4 Å². The molecule has 0 aromatic carbocycles. The second-order valence-corrected chi connectivity index (χ2v) is 29.7. The fourth-order valence-corrected chi connectivity index (χ4v) is 20.3. The zero-order valence-corrected chi connectivity index (χ0v) is 47.0. The Morgan fingerprint density at radius 3 is 1.27 bits per heavy atom. The number of ketones is 4. The summed E-state index contributed by atoms with van der Waals surface area (Å²) >= 11 is 0. The predicted molar refractivity (Wildman–Crippen MR) is 279 cm³/mol. The fraction of sp³-hybridized carbons (Fsp3) is 0.746. The molecule has 0 saturated heterocycles. The van der Waals surface area contributed by atoms with Crippen LogP contribution in [0.1, 0.15) is 187 Å². The lowest BCUT2D eigenvalue weighted by molar-refractivity contribution is -0.188. The van der Waals surface area contributed by atoms with E-state index >= 15 is 0 Å². The SMILES string of the molecule is CC1(C)CC[C@]2(C(=O)O)CC[C@]3(C)[C@H](C(=O)C=C4[C@@]5(C)C=C(C#N)C(=O)C(C)(C)C5CC[C@]43C)[C@@H]2C1.CNC(=O)[C@]12CCC(C)(C)C[C@H]1[C@H]1C(=O)C=C3[C@@]4(C)C=C(C#N)C(=O)C(C)(C)C4CC[C@@]3(C)[C@]1(C)CC2. The molecule has 14 atom stereocenters. The number of nitrogens with one attached hydrogen (secondary N) is 1. The normalized spacial score (nSPS) is 46.2. The maximum Gasteiger partial charge on any atom is 0.309 e. The molecule has 6 saturated carbocycles. The average Bonchev–Trinajstić information content (AvgIpc) is 3.30. The van der Waals surface area contributed by atoms with Crippen LogP contribution in [0.4, 0.5) is 0 Å². The summed E-state index contributed by atoms with van der Waals surface area (Å²) in [5, 5.41) is 33.2. The average molecular weight is 996 g/mol. The molecule has 2 unspecified atom stereocenters. The van der Waals surface area contributed by atoms with Crippen molar-refractivity contribution in [2.24, 2.45) is 100 Å². The molecular formula is C63H85N3O7. The Balaban J connectivity index is 0.000000180. The molecule has 0 bridgehead atoms. The molecule has 10 aliphatic rings. The molecule has 10 nitrogen and oxygen atoms in total. The highest BCUT2D eigenvalue weighted by Gasteiger charge is 2.73. The van der Waals surface area contributed by atoms with Gasteiger partial charge in [-0.2, -0.15) is 10.5 Å². The number of aliphatic carboxylic acids is 1. The van der Waals surface area contributed by atoms with E-state index in [0.717, 1.165) is 81.8 Å². The number of hydrogen-bond donors (Lipinski definition) is 2. The van der Waals surface area contributed by atoms with E-state index in [1.165, 1.54) is 0 Å². The van der Waals surface area contributed by atoms with Crippen molar-refractivity contribution in [3.05, 3.63) is 46.6 Å². The molecule has 10 aliphatic carbocycles. The van der Waals surface area contributed by atoms with Gasteiger partial charge in [-0.05, 0) is 158 Å². The maximum absolute atomic E-state index is 14.4. The summed E-state index contributed by atoms with van der Waals surface area (Å²) in [7, 11) is 1.73. The topological polar surface area (TPSA) is 182 Å². The van der Waals surface area contributed by atoms with Crippen LogP contribution in [0, 0.1) is 123 Å². The van der Waals surface area contributed by atoms with Crippen molar-refractivity contribution in [1.82, 2.24) is 5.32 Å². The number of nitrogens with zero attached hydrogens (tertiary/aromatic N) is 2. The van der Waals surface area contributed by atoms with Gasteiger partial charge in [-0.15, -0.1) is 0 Å². The van der Waals surface area contributed by atoms with E-state index in [1.807, 2.05) is 52.0 Å². The molecule has 0 aromatic rings. The van der Waals surface area contributed by atoms with E-state index in [2.05, 4.69) is 86.7 Å². The zero-order chi connectivity index (χ0) is 54.1. The number of rotatable bonds is 2. The Hall–Kier alpha value is -4.44. The maximum atomic E-state index is 14.4. The lowest BCUT2D eigenvalue weighted by Gasteiger charge is -2.69. The number of nitriles is 2. The van der Waals surface area contributed by atoms with Crippen molar-refractivity contribution in [2.45, 2.75) is 187 Å². The fourth-order valence-electron chi connectivity index (χ4n) is 20.3. The van der Waals surface area contributed by atoms with Crippen LogP contribution >= 0.6 is 0 Å². The van der Waals surface area contributed by atoms with Gasteiger partial charge in [0, 0.05) is 40.5 Å². The largest absolute Gasteiger partial charge is 0.481 e. The van der Waals surface area contributed by atoms with E-state index in [0.29, 0.717) is 19.3 Å². The van der Waals surface area contributed by atoms with Gasteiger partial charge in [0.05, 0.1) is 22.0 Å². The lowest BCUT2D eigenvalue weighted by atomic mass is 9.34. The van der Waals surface area contributed by atoms with Crippen LogP contribution in [0.2, 0.25) is 0 Å². The highest BCUT2D eigenvalue weighted by atomic mass is 16.4. The highest BCUT2D eigenvalue weighted by molar-refractivity contribution is 6.06. The summed E-state index contributed by atoms with van der Waals surface area (Å²) in [6.45, 7) is 30.3. The molecule has 0 heterocycles. The number of carbonyl (C=O) groups excluding carboxylic acids is 5. The van der Waals surface area contributed by atoms with Crippen LogP contribution in [0.5, 0.6) is 0 Å². The number of Topliss-reactive ketones (excluding diaryl/α,β-unsaturated/α-hetero) is 2. The molecule has 73 heavy (non-hydrogen) atoms. The summed E-state index contributed by atoms with van der Waals surface area (Å²) in [5.74, 6) is -1.25. The first kappa shape index (κ1) is 53.4. The Morgan fingerprint density at radius 2 is 0.904 bits per heavy atom. The molecule has 394 valence electrons. The zero-order valence-electron chi connectivity index (χ0n) is 47.0. The van der Waals surface area contributed by atoms with Crippen molar-refractivity contribution in [2.75, 3.05) is 7.05 Å². The molecule has 0 radical (unpaired) electrons. The number of fused-ring (bicyclic) bond motifs is 14. The first-order valence-electron chi connectivity index (χ1n) is 27.9. The van der Waals surface area contributed by atoms with Gasteiger partial charge in [0.25, 0.3) is 0 Å². The third kappa shape index (κ3) is 6.74. The van der Waals surface area contributed by atoms with Crippen molar-refractivity contribution in [3.63, 3.8) is 0 Å². The van der Waals surface area contributed by atoms with Crippen LogP contribution in [-0.4, -0.2) is 47.2 Å². The van der Waals surface area contributed by atoms with Crippen molar-refractivity contribution < 1.29 is 33.9 Å². The molecule has 10 heteroatoms. The van der Waals surface area contributed by atoms with Crippen LogP contribution in [-0.2, 0) is 28.8 Å². The van der Waals surface area contributed by atoms with Gasteiger partial charge in [0.15, 0.2) is 23.1 Å². The Bertz CT molecular complexity index is 2750. The third-order valence-corrected chi connectivity index (χ3v) is 24.8. The summed E-state index contributed by atoms with van der Waals surface area (Å²) in [5.41, 5.74) is -2.28. The first-order valence-corrected chi connectivity index (χ1v) is 27.9. The van der Waals surface area contributed by atoms with Gasteiger partial charge in [-0.1, -0.05) is 120 Å². The minimum atomic E-state index is -0.828. The van der Waals surface area contributed by atoms with Crippen molar-refractivity contribution in [1.29, 1.82) is 10.5 Å². The smallest absolute Gasteiger partial charge is 0.309 e. The molecule has 10 rings (SSSR count). The van der Waals surface area contributed by atoms with E-state index in [4.69, 9.17) is 0 Å². The molecular weight excluding hydrogens is 911 g/mol. The van der Waals surface area contributed by atoms with Crippen LogP contribution in [0.25, 0.3) is 0 Å². The van der Waals surface area contributed by atoms with Crippen LogP contribution < -0.4 is 5.32 Å². The Morgan fingerprint density at radius 1 is 0.548 bits per heavy atom. The second-order valence-electron chi connectivity index (χ2n) is 29.7. The van der Waals surface area contributed by atoms with Gasteiger partial charge in [0.2, 0.25) is 5.91 Å². The van der Waals surface area contributed by atoms with E-state index in [1.54, 1.807) is 7.05 Å². The molecule has 0 spiro atoms.